The van der Waals surface area contributed by atoms with Crippen LogP contribution in [-0.2, 0) is 4.79 Å². The molecular formula is C23H16O2. The third-order valence-electron chi connectivity index (χ3n) is 4.39. The van der Waals surface area contributed by atoms with Gasteiger partial charge in [0.25, 0.3) is 0 Å². The van der Waals surface area contributed by atoms with E-state index in [4.69, 9.17) is 0 Å². The summed E-state index contributed by atoms with van der Waals surface area (Å²) in [4.78, 5) is 11.9. The van der Waals surface area contributed by atoms with Crippen LogP contribution < -0.4 is 0 Å². The second kappa shape index (κ2) is 6.25. The summed E-state index contributed by atoms with van der Waals surface area (Å²) in [6, 6.07) is 27.7. The summed E-state index contributed by atoms with van der Waals surface area (Å²) in [7, 11) is 0. The minimum atomic E-state index is -0.926. The zero-order valence-electron chi connectivity index (χ0n) is 13.5. The summed E-state index contributed by atoms with van der Waals surface area (Å²) in [6.45, 7) is 0. The normalized spacial score (nSPS) is 11.8. The van der Waals surface area contributed by atoms with Crippen LogP contribution in [0, 0.1) is 0 Å². The highest BCUT2D eigenvalue weighted by molar-refractivity contribution is 6.24. The summed E-state index contributed by atoms with van der Waals surface area (Å²) >= 11 is 0. The molecule has 4 rings (SSSR count). The van der Waals surface area contributed by atoms with Crippen LogP contribution in [0.5, 0.6) is 0 Å². The highest BCUT2D eigenvalue weighted by Crippen LogP contribution is 2.28. The Morgan fingerprint density at radius 2 is 1.40 bits per heavy atom. The lowest BCUT2D eigenvalue weighted by Crippen LogP contribution is -2.00. The van der Waals surface area contributed by atoms with Crippen LogP contribution in [0.4, 0.5) is 0 Å². The van der Waals surface area contributed by atoms with Crippen molar-refractivity contribution in [3.8, 4) is 0 Å². The zero-order chi connectivity index (χ0) is 17.2. The van der Waals surface area contributed by atoms with Gasteiger partial charge in [0, 0.05) is 0 Å². The summed E-state index contributed by atoms with van der Waals surface area (Å²) in [6.07, 6.45) is 1.75. The SMILES string of the molecule is O=C(O)C(=Cc1ccc2ccccc2c1)c1cccc2ccccc12. The Labute approximate surface area is 145 Å². The zero-order valence-corrected chi connectivity index (χ0v) is 13.5. The monoisotopic (exact) mass is 324 g/mol. The molecule has 0 heterocycles. The fraction of sp³-hybridized carbons (Fsp3) is 0. The van der Waals surface area contributed by atoms with Crippen LogP contribution in [0.25, 0.3) is 33.2 Å². The van der Waals surface area contributed by atoms with E-state index >= 15 is 0 Å². The minimum Gasteiger partial charge on any atom is -0.478 e. The number of rotatable bonds is 3. The maximum Gasteiger partial charge on any atom is 0.336 e. The fourth-order valence-electron chi connectivity index (χ4n) is 3.18. The van der Waals surface area contributed by atoms with E-state index in [1.165, 1.54) is 0 Å². The molecule has 0 aliphatic rings. The number of hydrogen-bond acceptors (Lipinski definition) is 1. The first kappa shape index (κ1) is 15.2. The van der Waals surface area contributed by atoms with Crippen molar-refractivity contribution in [3.05, 3.63) is 96.1 Å². The van der Waals surface area contributed by atoms with Crippen molar-refractivity contribution in [2.45, 2.75) is 0 Å². The van der Waals surface area contributed by atoms with Crippen molar-refractivity contribution < 1.29 is 9.90 Å². The molecule has 0 bridgehead atoms. The highest BCUT2D eigenvalue weighted by atomic mass is 16.4. The lowest BCUT2D eigenvalue weighted by Gasteiger charge is -2.08. The van der Waals surface area contributed by atoms with E-state index in [-0.39, 0.29) is 0 Å². The smallest absolute Gasteiger partial charge is 0.336 e. The van der Waals surface area contributed by atoms with E-state index in [2.05, 4.69) is 0 Å². The first-order valence-electron chi connectivity index (χ1n) is 8.14. The van der Waals surface area contributed by atoms with Gasteiger partial charge >= 0.3 is 5.97 Å². The van der Waals surface area contributed by atoms with Crippen molar-refractivity contribution in [2.24, 2.45) is 0 Å². The van der Waals surface area contributed by atoms with Crippen molar-refractivity contribution in [1.29, 1.82) is 0 Å². The summed E-state index contributed by atoms with van der Waals surface area (Å²) in [5.41, 5.74) is 1.91. The summed E-state index contributed by atoms with van der Waals surface area (Å²) in [5.74, 6) is -0.926. The molecule has 0 atom stereocenters. The molecule has 2 nitrogen and oxygen atoms in total. The molecule has 4 aromatic rings. The van der Waals surface area contributed by atoms with Gasteiger partial charge in [0.2, 0.25) is 0 Å². The number of carboxylic acids is 1. The fourth-order valence-corrected chi connectivity index (χ4v) is 3.18. The van der Waals surface area contributed by atoms with E-state index in [0.29, 0.717) is 5.57 Å². The number of carboxylic acid groups (broad SMARTS) is 1. The molecule has 1 N–H and O–H groups in total. The minimum absolute atomic E-state index is 0.298. The number of benzene rings is 4. The summed E-state index contributed by atoms with van der Waals surface area (Å²) in [5, 5.41) is 14.0. The maximum absolute atomic E-state index is 11.9. The molecule has 0 aromatic heterocycles. The van der Waals surface area contributed by atoms with Gasteiger partial charge in [0.15, 0.2) is 0 Å². The molecule has 0 aliphatic carbocycles. The number of carbonyl (C=O) groups is 1. The van der Waals surface area contributed by atoms with Crippen LogP contribution in [0.1, 0.15) is 11.1 Å². The molecule has 0 saturated carbocycles. The Kier molecular flexibility index (Phi) is 3.79. The largest absolute Gasteiger partial charge is 0.478 e. The average molecular weight is 324 g/mol. The van der Waals surface area contributed by atoms with E-state index in [1.807, 2.05) is 84.9 Å². The number of hydrogen-bond donors (Lipinski definition) is 1. The predicted octanol–water partition coefficient (Wildman–Crippen LogP) is 5.62. The third-order valence-corrected chi connectivity index (χ3v) is 4.39. The van der Waals surface area contributed by atoms with Crippen LogP contribution in [0.3, 0.4) is 0 Å². The second-order valence-electron chi connectivity index (χ2n) is 6.00. The molecule has 0 saturated heterocycles. The van der Waals surface area contributed by atoms with Crippen LogP contribution in [-0.4, -0.2) is 11.1 Å². The van der Waals surface area contributed by atoms with Gasteiger partial charge in [-0.25, -0.2) is 4.79 Å². The third kappa shape index (κ3) is 2.90. The maximum atomic E-state index is 11.9. The van der Waals surface area contributed by atoms with Crippen molar-refractivity contribution in [1.82, 2.24) is 0 Å². The van der Waals surface area contributed by atoms with E-state index in [1.54, 1.807) is 6.08 Å². The molecule has 25 heavy (non-hydrogen) atoms. The Hall–Kier alpha value is -3.39. The second-order valence-corrected chi connectivity index (χ2v) is 6.00. The molecule has 120 valence electrons. The van der Waals surface area contributed by atoms with Crippen molar-refractivity contribution in [3.63, 3.8) is 0 Å². The van der Waals surface area contributed by atoms with Gasteiger partial charge in [-0.2, -0.15) is 0 Å². The van der Waals surface area contributed by atoms with E-state index in [9.17, 15) is 9.90 Å². The Morgan fingerprint density at radius 3 is 2.20 bits per heavy atom. The lowest BCUT2D eigenvalue weighted by atomic mass is 9.96. The lowest BCUT2D eigenvalue weighted by molar-refractivity contribution is -0.130. The molecule has 2 heteroatoms. The van der Waals surface area contributed by atoms with Crippen LogP contribution >= 0.6 is 0 Å². The Morgan fingerprint density at radius 1 is 0.720 bits per heavy atom. The van der Waals surface area contributed by atoms with Gasteiger partial charge < -0.3 is 5.11 Å². The predicted molar refractivity (Wildman–Crippen MR) is 103 cm³/mol. The van der Waals surface area contributed by atoms with Gasteiger partial charge in [0.1, 0.15) is 0 Å². The van der Waals surface area contributed by atoms with Crippen molar-refractivity contribution >= 4 is 39.2 Å². The van der Waals surface area contributed by atoms with Gasteiger partial charge in [-0.1, -0.05) is 78.9 Å². The summed E-state index contributed by atoms with van der Waals surface area (Å²) < 4.78 is 0. The molecule has 0 spiro atoms. The topological polar surface area (TPSA) is 37.3 Å². The first-order valence-corrected chi connectivity index (χ1v) is 8.14. The first-order chi connectivity index (χ1) is 12.2. The molecule has 0 amide bonds. The highest BCUT2D eigenvalue weighted by Gasteiger charge is 2.13. The average Bonchev–Trinajstić information content (AvgIpc) is 2.65. The number of aliphatic carboxylic acids is 1. The van der Waals surface area contributed by atoms with E-state index < -0.39 is 5.97 Å². The van der Waals surface area contributed by atoms with Crippen LogP contribution in [0.15, 0.2) is 84.9 Å². The molecule has 0 radical (unpaired) electrons. The molecule has 0 unspecified atom stereocenters. The van der Waals surface area contributed by atoms with Crippen LogP contribution in [0.2, 0.25) is 0 Å². The van der Waals surface area contributed by atoms with Gasteiger partial charge in [-0.15, -0.1) is 0 Å². The number of fused-ring (bicyclic) bond motifs is 2. The van der Waals surface area contributed by atoms with Gasteiger partial charge in [-0.3, -0.25) is 0 Å². The Balaban J connectivity index is 1.90. The molecule has 0 fully saturated rings. The van der Waals surface area contributed by atoms with Gasteiger partial charge in [-0.05, 0) is 44.8 Å². The quantitative estimate of drug-likeness (QED) is 0.392. The Bertz CT molecular complexity index is 1120. The standard InChI is InChI=1S/C23H16O2/c24-23(25)22(21-11-5-9-18-7-3-4-10-20(18)21)15-16-12-13-17-6-1-2-8-19(17)14-16/h1-15H,(H,24,25). The molecule has 0 aliphatic heterocycles. The molecule has 4 aromatic carbocycles. The van der Waals surface area contributed by atoms with Crippen molar-refractivity contribution in [2.75, 3.05) is 0 Å². The van der Waals surface area contributed by atoms with E-state index in [0.717, 1.165) is 32.7 Å². The van der Waals surface area contributed by atoms with Gasteiger partial charge in [0.05, 0.1) is 5.57 Å². The molecular weight excluding hydrogens is 308 g/mol.